The van der Waals surface area contributed by atoms with Gasteiger partial charge < -0.3 is 5.11 Å². The summed E-state index contributed by atoms with van der Waals surface area (Å²) < 4.78 is 29.5. The molecular weight excluding hydrogens is 440 g/mol. The predicted octanol–water partition coefficient (Wildman–Crippen LogP) is 4.56. The van der Waals surface area contributed by atoms with Gasteiger partial charge in [-0.1, -0.05) is 25.1 Å². The largest absolute Gasteiger partial charge is 0.382 e. The molecule has 1 heterocycles. The van der Waals surface area contributed by atoms with E-state index in [1.54, 1.807) is 37.7 Å². The highest BCUT2D eigenvalue weighted by molar-refractivity contribution is 8.01. The van der Waals surface area contributed by atoms with Gasteiger partial charge in [0.2, 0.25) is 0 Å². The van der Waals surface area contributed by atoms with E-state index in [9.17, 15) is 18.7 Å². The molecule has 3 atom stereocenters. The van der Waals surface area contributed by atoms with E-state index in [4.69, 9.17) is 0 Å². The van der Waals surface area contributed by atoms with Crippen molar-refractivity contribution in [3.8, 4) is 0 Å². The van der Waals surface area contributed by atoms with E-state index in [-0.39, 0.29) is 17.9 Å². The maximum atomic E-state index is 14.6. The topological polar surface area (TPSA) is 68.0 Å². The fourth-order valence-corrected chi connectivity index (χ4v) is 5.01. The molecular formula is C22H23F2N3O2S2. The monoisotopic (exact) mass is 463 g/mol. The van der Waals surface area contributed by atoms with Gasteiger partial charge in [-0.3, -0.25) is 4.79 Å². The van der Waals surface area contributed by atoms with E-state index in [1.165, 1.54) is 35.2 Å². The summed E-state index contributed by atoms with van der Waals surface area (Å²) in [4.78, 5) is 17.8. The molecule has 9 heteroatoms. The molecule has 0 radical (unpaired) electrons. The molecule has 0 saturated heterocycles. The Kier molecular flexibility index (Phi) is 7.51. The van der Waals surface area contributed by atoms with Crippen LogP contribution in [0.15, 0.2) is 60.0 Å². The molecule has 0 saturated carbocycles. The Hall–Kier alpha value is -2.23. The van der Waals surface area contributed by atoms with E-state index >= 15 is 0 Å². The van der Waals surface area contributed by atoms with E-state index in [0.29, 0.717) is 5.56 Å². The highest BCUT2D eigenvalue weighted by Crippen LogP contribution is 2.38. The molecule has 1 aromatic heterocycles. The van der Waals surface area contributed by atoms with Gasteiger partial charge in [-0.15, -0.1) is 23.5 Å². The minimum Gasteiger partial charge on any atom is -0.382 e. The lowest BCUT2D eigenvalue weighted by atomic mass is 9.90. The van der Waals surface area contributed by atoms with Gasteiger partial charge in [0.25, 0.3) is 0 Å². The average molecular weight is 464 g/mol. The summed E-state index contributed by atoms with van der Waals surface area (Å²) in [5, 5.41) is 14.5. The third kappa shape index (κ3) is 5.34. The minimum absolute atomic E-state index is 0.0617. The molecule has 31 heavy (non-hydrogen) atoms. The van der Waals surface area contributed by atoms with Crippen LogP contribution in [0.4, 0.5) is 8.78 Å². The van der Waals surface area contributed by atoms with Crippen molar-refractivity contribution in [2.75, 3.05) is 6.26 Å². The van der Waals surface area contributed by atoms with Gasteiger partial charge in [-0.25, -0.2) is 18.4 Å². The number of thioether (sulfide) groups is 2. The first kappa shape index (κ1) is 23.4. The highest BCUT2D eigenvalue weighted by Gasteiger charge is 2.41. The quantitative estimate of drug-likeness (QED) is 0.371. The Bertz CT molecular complexity index is 1030. The second kappa shape index (κ2) is 9.93. The van der Waals surface area contributed by atoms with Crippen LogP contribution >= 0.6 is 23.5 Å². The SMILES string of the molecule is CSc1ccc(C(=O)[C@H](C)S[C@H](C)[C@](O)(Cn2cncn2)c2ccc(F)cc2F)cc1. The van der Waals surface area contributed by atoms with Crippen LogP contribution in [-0.4, -0.2) is 42.4 Å². The number of halogens is 2. The first-order chi connectivity index (χ1) is 14.7. The summed E-state index contributed by atoms with van der Waals surface area (Å²) in [6.45, 7) is 3.36. The molecule has 0 amide bonds. The fourth-order valence-electron chi connectivity index (χ4n) is 3.31. The molecule has 0 spiro atoms. The summed E-state index contributed by atoms with van der Waals surface area (Å²) in [5.74, 6) is -1.68. The molecule has 0 aliphatic carbocycles. The summed E-state index contributed by atoms with van der Waals surface area (Å²) in [6, 6.07) is 10.4. The zero-order valence-corrected chi connectivity index (χ0v) is 19.0. The second-order valence-electron chi connectivity index (χ2n) is 7.15. The first-order valence-electron chi connectivity index (χ1n) is 9.58. The number of carbonyl (C=O) groups is 1. The number of aliphatic hydroxyl groups is 1. The standard InChI is InChI=1S/C22H23F2N3O2S2/c1-14(21(28)16-4-7-18(30-3)8-5-16)31-15(2)22(29,11-27-13-25-12-26-27)19-9-6-17(23)10-20(19)24/h4-10,12-15,29H,11H2,1-3H3/t14-,15+,22+/m0/s1. The Morgan fingerprint density at radius 3 is 2.48 bits per heavy atom. The van der Waals surface area contributed by atoms with Crippen LogP contribution in [0.5, 0.6) is 0 Å². The van der Waals surface area contributed by atoms with Crippen LogP contribution in [0.1, 0.15) is 29.8 Å². The van der Waals surface area contributed by atoms with Crippen molar-refractivity contribution in [1.82, 2.24) is 14.8 Å². The molecule has 0 fully saturated rings. The number of Topliss-reactive ketones (excluding diaryl/α,β-unsaturated/α-hetero) is 1. The first-order valence-corrected chi connectivity index (χ1v) is 11.8. The number of hydrogen-bond donors (Lipinski definition) is 1. The van der Waals surface area contributed by atoms with E-state index in [2.05, 4.69) is 10.1 Å². The van der Waals surface area contributed by atoms with Crippen molar-refractivity contribution in [3.63, 3.8) is 0 Å². The van der Waals surface area contributed by atoms with Gasteiger partial charge in [-0.05, 0) is 31.4 Å². The van der Waals surface area contributed by atoms with Gasteiger partial charge in [-0.2, -0.15) is 5.10 Å². The third-order valence-corrected chi connectivity index (χ3v) is 7.26. The fraction of sp³-hybridized carbons (Fsp3) is 0.318. The van der Waals surface area contributed by atoms with Crippen LogP contribution in [0.2, 0.25) is 0 Å². The lowest BCUT2D eigenvalue weighted by Crippen LogP contribution is -2.42. The van der Waals surface area contributed by atoms with Gasteiger partial charge >= 0.3 is 0 Å². The van der Waals surface area contributed by atoms with E-state index in [0.717, 1.165) is 17.0 Å². The summed E-state index contributed by atoms with van der Waals surface area (Å²) in [6.07, 6.45) is 4.68. The Labute approximate surface area is 188 Å². The Morgan fingerprint density at radius 1 is 1.19 bits per heavy atom. The molecule has 1 N–H and O–H groups in total. The van der Waals surface area contributed by atoms with Crippen LogP contribution in [-0.2, 0) is 12.1 Å². The lowest BCUT2D eigenvalue weighted by molar-refractivity contribution is 0.0132. The van der Waals surface area contributed by atoms with Crippen LogP contribution in [0.25, 0.3) is 0 Å². The summed E-state index contributed by atoms with van der Waals surface area (Å²) >= 11 is 2.81. The maximum absolute atomic E-state index is 14.6. The molecule has 2 aromatic carbocycles. The van der Waals surface area contributed by atoms with Crippen molar-refractivity contribution < 1.29 is 18.7 Å². The number of aromatic nitrogens is 3. The molecule has 0 aliphatic rings. The average Bonchev–Trinajstić information content (AvgIpc) is 3.25. The van der Waals surface area contributed by atoms with Gasteiger partial charge in [0.15, 0.2) is 5.78 Å². The number of carbonyl (C=O) groups excluding carboxylic acids is 1. The smallest absolute Gasteiger partial charge is 0.175 e. The van der Waals surface area contributed by atoms with Crippen molar-refractivity contribution >= 4 is 29.3 Å². The maximum Gasteiger partial charge on any atom is 0.175 e. The zero-order chi connectivity index (χ0) is 22.6. The van der Waals surface area contributed by atoms with Crippen molar-refractivity contribution in [1.29, 1.82) is 0 Å². The van der Waals surface area contributed by atoms with E-state index < -0.39 is 27.7 Å². The Balaban J connectivity index is 1.86. The molecule has 164 valence electrons. The number of hydrogen-bond acceptors (Lipinski definition) is 6. The van der Waals surface area contributed by atoms with Crippen molar-refractivity contribution in [3.05, 3.63) is 77.9 Å². The van der Waals surface area contributed by atoms with Crippen LogP contribution in [0.3, 0.4) is 0 Å². The van der Waals surface area contributed by atoms with Crippen molar-refractivity contribution in [2.45, 2.75) is 41.4 Å². The van der Waals surface area contributed by atoms with E-state index in [1.807, 2.05) is 18.4 Å². The number of benzene rings is 2. The molecule has 0 bridgehead atoms. The molecule has 0 aliphatic heterocycles. The second-order valence-corrected chi connectivity index (χ2v) is 9.72. The number of nitrogens with zero attached hydrogens (tertiary/aromatic N) is 3. The lowest BCUT2D eigenvalue weighted by Gasteiger charge is -2.35. The minimum atomic E-state index is -1.76. The number of rotatable bonds is 9. The van der Waals surface area contributed by atoms with Gasteiger partial charge in [0.1, 0.15) is 29.9 Å². The summed E-state index contributed by atoms with van der Waals surface area (Å²) in [7, 11) is 0. The summed E-state index contributed by atoms with van der Waals surface area (Å²) in [5.41, 5.74) is -1.25. The van der Waals surface area contributed by atoms with Crippen molar-refractivity contribution in [2.24, 2.45) is 0 Å². The molecule has 3 aromatic rings. The molecule has 3 rings (SSSR count). The van der Waals surface area contributed by atoms with Gasteiger partial charge in [0, 0.05) is 27.3 Å². The normalized spacial score (nSPS) is 15.3. The number of ketones is 1. The molecule has 5 nitrogen and oxygen atoms in total. The predicted molar refractivity (Wildman–Crippen MR) is 119 cm³/mol. The third-order valence-electron chi connectivity index (χ3n) is 5.09. The molecule has 0 unspecified atom stereocenters. The highest BCUT2D eigenvalue weighted by atomic mass is 32.2. The van der Waals surface area contributed by atoms with Crippen LogP contribution in [0, 0.1) is 11.6 Å². The van der Waals surface area contributed by atoms with Gasteiger partial charge in [0.05, 0.1) is 11.8 Å². The Morgan fingerprint density at radius 2 is 1.90 bits per heavy atom. The van der Waals surface area contributed by atoms with Crippen LogP contribution < -0.4 is 0 Å². The zero-order valence-electron chi connectivity index (χ0n) is 17.3.